The molecule has 2 aromatic carbocycles. The van der Waals surface area contributed by atoms with Crippen LogP contribution in [0, 0.1) is 0 Å². The number of halogens is 1. The highest BCUT2D eigenvalue weighted by Crippen LogP contribution is 2.22. The fraction of sp³-hybridized carbons (Fsp3) is 0.333. The number of nitrogens with one attached hydrogen (secondary N) is 1. The summed E-state index contributed by atoms with van der Waals surface area (Å²) in [7, 11) is -2.86. The van der Waals surface area contributed by atoms with Crippen LogP contribution in [0.15, 0.2) is 40.9 Å². The van der Waals surface area contributed by atoms with Crippen molar-refractivity contribution >= 4 is 42.2 Å². The molecular weight excluding hydrogens is 338 g/mol. The molecule has 108 valence electrons. The molecule has 0 spiro atoms. The van der Waals surface area contributed by atoms with E-state index in [-0.39, 0.29) is 11.5 Å². The molecule has 5 heteroatoms. The first-order valence-electron chi connectivity index (χ1n) is 6.64. The fourth-order valence-electron chi connectivity index (χ4n) is 2.00. The number of anilines is 1. The average Bonchev–Trinajstić information content (AvgIpc) is 2.43. The third-order valence-electron chi connectivity index (χ3n) is 3.20. The number of fused-ring (bicyclic) bond motifs is 1. The van der Waals surface area contributed by atoms with Crippen molar-refractivity contribution in [1.82, 2.24) is 0 Å². The first-order chi connectivity index (χ1) is 9.50. The van der Waals surface area contributed by atoms with Gasteiger partial charge in [0.2, 0.25) is 0 Å². The maximum Gasteiger partial charge on any atom is 0.150 e. The molecule has 3 nitrogen and oxygen atoms in total. The van der Waals surface area contributed by atoms with Crippen molar-refractivity contribution in [1.29, 1.82) is 0 Å². The summed E-state index contributed by atoms with van der Waals surface area (Å²) in [5.41, 5.74) is 1.02. The summed E-state index contributed by atoms with van der Waals surface area (Å²) in [6.07, 6.45) is 0.633. The van der Waals surface area contributed by atoms with Gasteiger partial charge in [-0.25, -0.2) is 8.42 Å². The molecule has 2 aromatic rings. The van der Waals surface area contributed by atoms with E-state index in [0.717, 1.165) is 10.2 Å². The van der Waals surface area contributed by atoms with Crippen LogP contribution in [0.4, 0.5) is 5.69 Å². The van der Waals surface area contributed by atoms with Gasteiger partial charge in [-0.05, 0) is 41.5 Å². The van der Waals surface area contributed by atoms with Crippen LogP contribution in [-0.2, 0) is 9.84 Å². The normalized spacial score (nSPS) is 11.7. The summed E-state index contributed by atoms with van der Waals surface area (Å²) in [6.45, 7) is 2.35. The molecule has 0 saturated heterocycles. The van der Waals surface area contributed by atoms with E-state index < -0.39 is 9.84 Å². The molecule has 0 fully saturated rings. The number of hydrogen-bond donors (Lipinski definition) is 1. The number of hydrogen-bond acceptors (Lipinski definition) is 3. The average molecular weight is 356 g/mol. The molecule has 0 aliphatic carbocycles. The van der Waals surface area contributed by atoms with Gasteiger partial charge in [0.15, 0.2) is 0 Å². The van der Waals surface area contributed by atoms with Crippen molar-refractivity contribution in [2.45, 2.75) is 13.3 Å². The van der Waals surface area contributed by atoms with Crippen LogP contribution in [0.2, 0.25) is 0 Å². The first kappa shape index (κ1) is 15.3. The van der Waals surface area contributed by atoms with Crippen LogP contribution in [0.5, 0.6) is 0 Å². The standard InChI is InChI=1S/C15H18BrNO2S/c1-2-20(18,19)9-3-8-17-15-7-5-12-10-14(16)6-4-13(12)11-15/h4-7,10-11,17H,2-3,8-9H2,1H3. The summed E-state index contributed by atoms with van der Waals surface area (Å²) < 4.78 is 23.8. The Morgan fingerprint density at radius 2 is 1.80 bits per heavy atom. The molecule has 0 atom stereocenters. The topological polar surface area (TPSA) is 46.2 Å². The lowest BCUT2D eigenvalue weighted by atomic mass is 10.1. The molecule has 0 radical (unpaired) electrons. The van der Waals surface area contributed by atoms with E-state index in [1.807, 2.05) is 12.1 Å². The largest absolute Gasteiger partial charge is 0.385 e. The van der Waals surface area contributed by atoms with Crippen molar-refractivity contribution in [3.05, 3.63) is 40.9 Å². The van der Waals surface area contributed by atoms with Gasteiger partial charge < -0.3 is 5.32 Å². The van der Waals surface area contributed by atoms with Gasteiger partial charge in [0.1, 0.15) is 9.84 Å². The Kier molecular flexibility index (Phi) is 5.05. The van der Waals surface area contributed by atoms with E-state index in [2.05, 4.69) is 45.5 Å². The number of benzene rings is 2. The Bertz CT molecular complexity index is 698. The fourth-order valence-corrected chi connectivity index (χ4v) is 3.25. The quantitative estimate of drug-likeness (QED) is 0.800. The summed E-state index contributed by atoms with van der Waals surface area (Å²) >= 11 is 3.46. The van der Waals surface area contributed by atoms with E-state index >= 15 is 0 Å². The second kappa shape index (κ2) is 6.59. The third kappa shape index (κ3) is 4.21. The van der Waals surface area contributed by atoms with Crippen molar-refractivity contribution in [2.75, 3.05) is 23.4 Å². The second-order valence-electron chi connectivity index (χ2n) is 4.72. The highest BCUT2D eigenvalue weighted by molar-refractivity contribution is 9.10. The molecule has 0 heterocycles. The lowest BCUT2D eigenvalue weighted by molar-refractivity contribution is 0.595. The lowest BCUT2D eigenvalue weighted by Crippen LogP contribution is -2.12. The van der Waals surface area contributed by atoms with Crippen molar-refractivity contribution in [3.63, 3.8) is 0 Å². The monoisotopic (exact) mass is 355 g/mol. The van der Waals surface area contributed by atoms with Crippen molar-refractivity contribution in [3.8, 4) is 0 Å². The molecule has 0 aliphatic heterocycles. The minimum atomic E-state index is -2.86. The molecule has 1 N–H and O–H groups in total. The zero-order valence-corrected chi connectivity index (χ0v) is 13.8. The van der Waals surface area contributed by atoms with Gasteiger partial charge in [-0.3, -0.25) is 0 Å². The van der Waals surface area contributed by atoms with Crippen LogP contribution in [-0.4, -0.2) is 26.5 Å². The molecule has 0 amide bonds. The van der Waals surface area contributed by atoms with E-state index in [4.69, 9.17) is 0 Å². The molecule has 0 unspecified atom stereocenters. The van der Waals surface area contributed by atoms with Gasteiger partial charge in [-0.2, -0.15) is 0 Å². The van der Waals surface area contributed by atoms with Crippen LogP contribution >= 0.6 is 15.9 Å². The Morgan fingerprint density at radius 1 is 1.10 bits per heavy atom. The number of rotatable bonds is 6. The number of sulfone groups is 1. The van der Waals surface area contributed by atoms with E-state index in [1.165, 1.54) is 10.8 Å². The highest BCUT2D eigenvalue weighted by Gasteiger charge is 2.06. The first-order valence-corrected chi connectivity index (χ1v) is 9.25. The second-order valence-corrected chi connectivity index (χ2v) is 8.11. The molecular formula is C15H18BrNO2S. The van der Waals surface area contributed by atoms with Gasteiger partial charge in [-0.1, -0.05) is 35.0 Å². The lowest BCUT2D eigenvalue weighted by Gasteiger charge is -2.08. The van der Waals surface area contributed by atoms with Crippen molar-refractivity contribution < 1.29 is 8.42 Å². The summed E-state index contributed by atoms with van der Waals surface area (Å²) in [6, 6.07) is 12.3. The van der Waals surface area contributed by atoms with Gasteiger partial charge in [-0.15, -0.1) is 0 Å². The van der Waals surface area contributed by atoms with Gasteiger partial charge in [0.25, 0.3) is 0 Å². The maximum atomic E-state index is 11.4. The Labute approximate surface area is 128 Å². The zero-order valence-electron chi connectivity index (χ0n) is 11.4. The Hall–Kier alpha value is -1.07. The van der Waals surface area contributed by atoms with E-state index in [1.54, 1.807) is 6.92 Å². The highest BCUT2D eigenvalue weighted by atomic mass is 79.9. The Morgan fingerprint density at radius 3 is 2.55 bits per heavy atom. The molecule has 2 rings (SSSR count). The minimum absolute atomic E-state index is 0.220. The van der Waals surface area contributed by atoms with Crippen LogP contribution in [0.3, 0.4) is 0 Å². The van der Waals surface area contributed by atoms with E-state index in [0.29, 0.717) is 13.0 Å². The predicted molar refractivity (Wildman–Crippen MR) is 89.1 cm³/mol. The molecule has 0 saturated carbocycles. The van der Waals surface area contributed by atoms with Crippen molar-refractivity contribution in [2.24, 2.45) is 0 Å². The molecule has 20 heavy (non-hydrogen) atoms. The smallest absolute Gasteiger partial charge is 0.150 e. The molecule has 0 aromatic heterocycles. The minimum Gasteiger partial charge on any atom is -0.385 e. The Balaban J connectivity index is 1.95. The van der Waals surface area contributed by atoms with Gasteiger partial charge in [0, 0.05) is 22.5 Å². The SMILES string of the molecule is CCS(=O)(=O)CCCNc1ccc2cc(Br)ccc2c1. The summed E-state index contributed by atoms with van der Waals surface area (Å²) in [5, 5.41) is 5.62. The molecule has 0 bridgehead atoms. The zero-order chi connectivity index (χ0) is 14.6. The summed E-state index contributed by atoms with van der Waals surface area (Å²) in [5.74, 6) is 0.467. The van der Waals surface area contributed by atoms with Gasteiger partial charge >= 0.3 is 0 Å². The maximum absolute atomic E-state index is 11.4. The summed E-state index contributed by atoms with van der Waals surface area (Å²) in [4.78, 5) is 0. The van der Waals surface area contributed by atoms with Gasteiger partial charge in [0.05, 0.1) is 5.75 Å². The van der Waals surface area contributed by atoms with E-state index in [9.17, 15) is 8.42 Å². The molecule has 0 aliphatic rings. The third-order valence-corrected chi connectivity index (χ3v) is 5.49. The van der Waals surface area contributed by atoms with Crippen LogP contribution in [0.25, 0.3) is 10.8 Å². The van der Waals surface area contributed by atoms with Crippen LogP contribution in [0.1, 0.15) is 13.3 Å². The van der Waals surface area contributed by atoms with Crippen LogP contribution < -0.4 is 5.32 Å². The predicted octanol–water partition coefficient (Wildman–Crippen LogP) is 3.84.